The molecule has 0 bridgehead atoms. The van der Waals surface area contributed by atoms with Crippen LogP contribution >= 0.6 is 22.7 Å². The Morgan fingerprint density at radius 1 is 1.46 bits per heavy atom. The lowest BCUT2D eigenvalue weighted by molar-refractivity contribution is 0.0702. The first-order valence-electron chi connectivity index (χ1n) is 3.43. The summed E-state index contributed by atoms with van der Waals surface area (Å²) in [7, 11) is 0. The fraction of sp³-hybridized carbons (Fsp3) is 0. The highest BCUT2D eigenvalue weighted by Gasteiger charge is 2.08. The van der Waals surface area contributed by atoms with E-state index in [0.29, 0.717) is 5.39 Å². The molecule has 2 aromatic heterocycles. The van der Waals surface area contributed by atoms with Gasteiger partial charge in [0.1, 0.15) is 4.88 Å². The molecule has 0 spiro atoms. The second kappa shape index (κ2) is 2.93. The molecule has 0 unspecified atom stereocenters. The third kappa shape index (κ3) is 1.36. The maximum atomic E-state index is 11.3. The molecule has 0 aliphatic heterocycles. The molecule has 66 valence electrons. The lowest BCUT2D eigenvalue weighted by atomic mass is 10.3. The highest BCUT2D eigenvalue weighted by Crippen LogP contribution is 2.24. The molecule has 0 radical (unpaired) electrons. The molecule has 2 rings (SSSR count). The quantitative estimate of drug-likeness (QED) is 0.786. The van der Waals surface area contributed by atoms with Crippen molar-refractivity contribution in [2.24, 2.45) is 0 Å². The first-order valence-corrected chi connectivity index (χ1v) is 5.13. The Morgan fingerprint density at radius 2 is 2.23 bits per heavy atom. The van der Waals surface area contributed by atoms with Gasteiger partial charge in [-0.2, -0.15) is 0 Å². The van der Waals surface area contributed by atoms with Crippen LogP contribution in [-0.4, -0.2) is 11.1 Å². The van der Waals surface area contributed by atoms with Gasteiger partial charge in [0.25, 0.3) is 0 Å². The summed E-state index contributed by atoms with van der Waals surface area (Å²) >= 11 is 2.52. The minimum Gasteiger partial charge on any atom is -0.477 e. The highest BCUT2D eigenvalue weighted by atomic mass is 32.2. The van der Waals surface area contributed by atoms with Crippen molar-refractivity contribution in [1.29, 1.82) is 0 Å². The molecule has 0 saturated carbocycles. The molecule has 3 nitrogen and oxygen atoms in total. The molecule has 1 N–H and O–H groups in total. The van der Waals surface area contributed by atoms with E-state index >= 15 is 0 Å². The SMILES string of the molecule is O=C(O)c1cc(=O)c2ccsc2s1. The smallest absolute Gasteiger partial charge is 0.346 e. The molecule has 13 heavy (non-hydrogen) atoms. The summed E-state index contributed by atoms with van der Waals surface area (Å²) in [4.78, 5) is 22.0. The molecule has 2 aromatic rings. The van der Waals surface area contributed by atoms with Gasteiger partial charge in [0.15, 0.2) is 5.43 Å². The minimum absolute atomic E-state index is 0.0972. The van der Waals surface area contributed by atoms with Crippen molar-refractivity contribution in [2.75, 3.05) is 0 Å². The Bertz CT molecular complexity index is 523. The lowest BCUT2D eigenvalue weighted by Gasteiger charge is -1.91. The molecule has 5 heteroatoms. The van der Waals surface area contributed by atoms with Crippen molar-refractivity contribution in [2.45, 2.75) is 0 Å². The van der Waals surface area contributed by atoms with Gasteiger partial charge in [-0.25, -0.2) is 4.79 Å². The Kier molecular flexibility index (Phi) is 1.90. The second-order valence-corrected chi connectivity index (χ2v) is 4.63. The van der Waals surface area contributed by atoms with Crippen LogP contribution in [0.15, 0.2) is 22.3 Å². The van der Waals surface area contributed by atoms with Crippen LogP contribution in [0.25, 0.3) is 9.40 Å². The number of rotatable bonds is 1. The molecule has 2 heterocycles. The van der Waals surface area contributed by atoms with E-state index in [1.165, 1.54) is 17.4 Å². The average molecular weight is 212 g/mol. The lowest BCUT2D eigenvalue weighted by Crippen LogP contribution is -2.02. The van der Waals surface area contributed by atoms with Crippen molar-refractivity contribution in [1.82, 2.24) is 0 Å². The number of carbonyl (C=O) groups is 1. The summed E-state index contributed by atoms with van der Waals surface area (Å²) in [5, 5.41) is 11.1. The number of hydrogen-bond donors (Lipinski definition) is 1. The van der Waals surface area contributed by atoms with Gasteiger partial charge in [0.2, 0.25) is 0 Å². The Hall–Kier alpha value is -1.20. The van der Waals surface area contributed by atoms with Crippen LogP contribution in [-0.2, 0) is 0 Å². The predicted molar refractivity (Wildman–Crippen MR) is 52.9 cm³/mol. The van der Waals surface area contributed by atoms with Crippen LogP contribution in [0.1, 0.15) is 9.67 Å². The van der Waals surface area contributed by atoms with Gasteiger partial charge in [-0.05, 0) is 11.4 Å². The largest absolute Gasteiger partial charge is 0.477 e. The molecular formula is C8H4O3S2. The number of carboxylic acid groups (broad SMARTS) is 1. The van der Waals surface area contributed by atoms with E-state index in [2.05, 4.69) is 0 Å². The van der Waals surface area contributed by atoms with E-state index in [-0.39, 0.29) is 10.3 Å². The van der Waals surface area contributed by atoms with Crippen molar-refractivity contribution >= 4 is 38.0 Å². The van der Waals surface area contributed by atoms with Gasteiger partial charge in [0, 0.05) is 6.07 Å². The van der Waals surface area contributed by atoms with Gasteiger partial charge >= 0.3 is 5.97 Å². The number of carboxylic acids is 1. The van der Waals surface area contributed by atoms with Crippen LogP contribution < -0.4 is 5.43 Å². The molecule has 0 fully saturated rings. The van der Waals surface area contributed by atoms with Crippen molar-refractivity contribution in [3.05, 3.63) is 32.6 Å². The number of thiophene rings is 1. The monoisotopic (exact) mass is 212 g/mol. The summed E-state index contributed by atoms with van der Waals surface area (Å²) in [6.07, 6.45) is 0. The first-order chi connectivity index (χ1) is 6.18. The Labute approximate surface area is 80.9 Å². The molecule has 0 aromatic carbocycles. The molecule has 0 aliphatic rings. The molecule has 0 aliphatic carbocycles. The summed E-state index contributed by atoms with van der Waals surface area (Å²) in [5.41, 5.74) is -0.215. The van der Waals surface area contributed by atoms with Crippen LogP contribution in [0.4, 0.5) is 0 Å². The maximum Gasteiger partial charge on any atom is 0.346 e. The zero-order valence-corrected chi connectivity index (χ0v) is 7.95. The van der Waals surface area contributed by atoms with Crippen molar-refractivity contribution in [3.8, 4) is 0 Å². The summed E-state index contributed by atoms with van der Waals surface area (Å²) < 4.78 is 0.768. The van der Waals surface area contributed by atoms with Crippen LogP contribution in [0.3, 0.4) is 0 Å². The van der Waals surface area contributed by atoms with Gasteiger partial charge in [-0.15, -0.1) is 22.7 Å². The third-order valence-electron chi connectivity index (χ3n) is 1.57. The molecular weight excluding hydrogens is 208 g/mol. The van der Waals surface area contributed by atoms with Crippen LogP contribution in [0, 0.1) is 0 Å². The topological polar surface area (TPSA) is 54.4 Å². The number of aromatic carboxylic acids is 1. The second-order valence-electron chi connectivity index (χ2n) is 2.40. The Balaban J connectivity index is 2.85. The fourth-order valence-electron chi connectivity index (χ4n) is 0.989. The third-order valence-corrected chi connectivity index (χ3v) is 3.73. The van der Waals surface area contributed by atoms with Crippen molar-refractivity contribution in [3.63, 3.8) is 0 Å². The average Bonchev–Trinajstić information content (AvgIpc) is 2.51. The standard InChI is InChI=1S/C8H4O3S2/c9-5-3-6(7(10)11)13-8-4(5)1-2-12-8/h1-3H,(H,10,11). The number of fused-ring (bicyclic) bond motifs is 1. The zero-order chi connectivity index (χ0) is 9.42. The van der Waals surface area contributed by atoms with Crippen molar-refractivity contribution < 1.29 is 9.90 Å². The molecule has 0 atom stereocenters. The highest BCUT2D eigenvalue weighted by molar-refractivity contribution is 7.37. The van der Waals surface area contributed by atoms with E-state index in [1.54, 1.807) is 11.4 Å². The van der Waals surface area contributed by atoms with E-state index in [1.807, 2.05) is 0 Å². The van der Waals surface area contributed by atoms with E-state index in [9.17, 15) is 9.59 Å². The van der Waals surface area contributed by atoms with Gasteiger partial charge in [-0.3, -0.25) is 4.79 Å². The summed E-state index contributed by atoms with van der Waals surface area (Å²) in [6, 6.07) is 2.88. The van der Waals surface area contributed by atoms with E-state index in [0.717, 1.165) is 15.4 Å². The molecule has 0 saturated heterocycles. The first kappa shape index (κ1) is 8.40. The maximum absolute atomic E-state index is 11.3. The summed E-state index contributed by atoms with van der Waals surface area (Å²) in [5.74, 6) is -1.04. The minimum atomic E-state index is -1.04. The fourth-order valence-corrected chi connectivity index (χ4v) is 2.97. The van der Waals surface area contributed by atoms with E-state index in [4.69, 9.17) is 5.11 Å². The van der Waals surface area contributed by atoms with Gasteiger partial charge < -0.3 is 5.11 Å². The predicted octanol–water partition coefficient (Wildman–Crippen LogP) is 2.02. The Morgan fingerprint density at radius 3 is 2.92 bits per heavy atom. The summed E-state index contributed by atoms with van der Waals surface area (Å²) in [6.45, 7) is 0. The van der Waals surface area contributed by atoms with Gasteiger partial charge in [-0.1, -0.05) is 0 Å². The zero-order valence-electron chi connectivity index (χ0n) is 6.31. The van der Waals surface area contributed by atoms with Gasteiger partial charge in [0.05, 0.1) is 9.40 Å². The van der Waals surface area contributed by atoms with E-state index < -0.39 is 5.97 Å². The normalized spacial score (nSPS) is 10.5. The van der Waals surface area contributed by atoms with Crippen LogP contribution in [0.2, 0.25) is 0 Å². The van der Waals surface area contributed by atoms with Crippen LogP contribution in [0.5, 0.6) is 0 Å². The number of hydrogen-bond acceptors (Lipinski definition) is 4. The molecule has 0 amide bonds.